The van der Waals surface area contributed by atoms with E-state index in [9.17, 15) is 9.59 Å². The van der Waals surface area contributed by atoms with Crippen LogP contribution < -0.4 is 19.7 Å². The highest BCUT2D eigenvalue weighted by Gasteiger charge is 2.44. The predicted molar refractivity (Wildman–Crippen MR) is 140 cm³/mol. The molecule has 1 aliphatic heterocycles. The summed E-state index contributed by atoms with van der Waals surface area (Å²) in [4.78, 5) is 29.7. The number of thiocarbonyl (C=S) groups is 1. The molecular weight excluding hydrogens is 486 g/mol. The van der Waals surface area contributed by atoms with E-state index in [1.165, 1.54) is 4.90 Å². The monoisotopic (exact) mass is 509 g/mol. The Morgan fingerprint density at radius 1 is 1.00 bits per heavy atom. The molecule has 7 nitrogen and oxygen atoms in total. The zero-order valence-corrected chi connectivity index (χ0v) is 20.8. The maximum Gasteiger partial charge on any atom is 0.256 e. The van der Waals surface area contributed by atoms with Crippen molar-refractivity contribution < 1.29 is 19.1 Å². The molecule has 4 rings (SSSR count). The molecule has 1 heterocycles. The minimum Gasteiger partial charge on any atom is -0.497 e. The van der Waals surface area contributed by atoms with Crippen LogP contribution in [0.1, 0.15) is 12.0 Å². The topological polar surface area (TPSA) is 71.1 Å². The number of carbonyl (C=O) groups is 2. The van der Waals surface area contributed by atoms with E-state index in [1.807, 2.05) is 24.3 Å². The average molecular weight is 510 g/mol. The van der Waals surface area contributed by atoms with Crippen LogP contribution in [0.3, 0.4) is 0 Å². The molecule has 1 saturated heterocycles. The van der Waals surface area contributed by atoms with Gasteiger partial charge in [-0.2, -0.15) is 0 Å². The van der Waals surface area contributed by atoms with E-state index in [1.54, 1.807) is 67.7 Å². The number of hydrogen-bond donors (Lipinski definition) is 1. The SMILES string of the molecule is COc1ccc(CN2C(=S)N(c3cccc(Cl)c3)C(=O)C2CC(=O)Nc2ccc(OC)cc2)cc1. The van der Waals surface area contributed by atoms with Crippen molar-refractivity contribution in [1.82, 2.24) is 4.90 Å². The van der Waals surface area contributed by atoms with Gasteiger partial charge in [-0.05, 0) is 72.4 Å². The Bertz CT molecular complexity index is 1230. The highest BCUT2D eigenvalue weighted by atomic mass is 35.5. The maximum absolute atomic E-state index is 13.5. The molecule has 3 aromatic carbocycles. The average Bonchev–Trinajstić information content (AvgIpc) is 3.08. The molecule has 0 bridgehead atoms. The molecule has 1 aliphatic rings. The largest absolute Gasteiger partial charge is 0.497 e. The van der Waals surface area contributed by atoms with Gasteiger partial charge in [0.1, 0.15) is 17.5 Å². The van der Waals surface area contributed by atoms with Crippen molar-refractivity contribution >= 4 is 52.1 Å². The van der Waals surface area contributed by atoms with Crippen molar-refractivity contribution in [3.8, 4) is 11.5 Å². The second-order valence-electron chi connectivity index (χ2n) is 7.91. The van der Waals surface area contributed by atoms with Gasteiger partial charge in [0.25, 0.3) is 5.91 Å². The fourth-order valence-corrected chi connectivity index (χ4v) is 4.43. The lowest BCUT2D eigenvalue weighted by molar-refractivity contribution is -0.124. The third kappa shape index (κ3) is 5.55. The summed E-state index contributed by atoms with van der Waals surface area (Å²) >= 11 is 11.9. The minimum absolute atomic E-state index is 0.0712. The van der Waals surface area contributed by atoms with Crippen LogP contribution in [0, 0.1) is 0 Å². The number of hydrogen-bond acceptors (Lipinski definition) is 5. The van der Waals surface area contributed by atoms with Gasteiger partial charge in [-0.15, -0.1) is 0 Å². The molecular formula is C26H24ClN3O4S. The lowest BCUT2D eigenvalue weighted by Crippen LogP contribution is -2.37. The molecule has 3 aromatic rings. The number of ether oxygens (including phenoxy) is 2. The molecule has 0 saturated carbocycles. The first-order valence-corrected chi connectivity index (χ1v) is 11.6. The van der Waals surface area contributed by atoms with Crippen LogP contribution in [0.15, 0.2) is 72.8 Å². The van der Waals surface area contributed by atoms with E-state index in [4.69, 9.17) is 33.3 Å². The van der Waals surface area contributed by atoms with Gasteiger partial charge in [-0.3, -0.25) is 14.5 Å². The first kappa shape index (κ1) is 24.5. The number of halogens is 1. The van der Waals surface area contributed by atoms with Crippen LogP contribution in [0.25, 0.3) is 0 Å². The van der Waals surface area contributed by atoms with Crippen LogP contribution >= 0.6 is 23.8 Å². The number of nitrogens with one attached hydrogen (secondary N) is 1. The fraction of sp³-hybridized carbons (Fsp3) is 0.192. The van der Waals surface area contributed by atoms with Gasteiger partial charge in [0, 0.05) is 17.3 Å². The van der Waals surface area contributed by atoms with Gasteiger partial charge in [0.2, 0.25) is 5.91 Å². The summed E-state index contributed by atoms with van der Waals surface area (Å²) in [6, 6.07) is 20.6. The summed E-state index contributed by atoms with van der Waals surface area (Å²) in [7, 11) is 3.18. The Labute approximate surface area is 214 Å². The first-order valence-electron chi connectivity index (χ1n) is 10.9. The molecule has 35 heavy (non-hydrogen) atoms. The Hall–Kier alpha value is -3.62. The lowest BCUT2D eigenvalue weighted by Gasteiger charge is -2.24. The minimum atomic E-state index is -0.776. The molecule has 1 fully saturated rings. The molecule has 0 radical (unpaired) electrons. The van der Waals surface area contributed by atoms with Crippen LogP contribution in [0.4, 0.5) is 11.4 Å². The second kappa shape index (κ2) is 10.8. The van der Waals surface area contributed by atoms with Gasteiger partial charge in [-0.25, -0.2) is 0 Å². The molecule has 0 aliphatic carbocycles. The zero-order valence-electron chi connectivity index (χ0n) is 19.2. The van der Waals surface area contributed by atoms with Gasteiger partial charge in [0.05, 0.1) is 26.3 Å². The van der Waals surface area contributed by atoms with Crippen molar-refractivity contribution in [2.75, 3.05) is 24.4 Å². The number of benzene rings is 3. The summed E-state index contributed by atoms with van der Waals surface area (Å²) < 4.78 is 10.4. The summed E-state index contributed by atoms with van der Waals surface area (Å²) in [5.41, 5.74) is 2.09. The van der Waals surface area contributed by atoms with E-state index in [-0.39, 0.29) is 18.2 Å². The van der Waals surface area contributed by atoms with E-state index < -0.39 is 6.04 Å². The highest BCUT2D eigenvalue weighted by Crippen LogP contribution is 2.30. The van der Waals surface area contributed by atoms with E-state index in [0.29, 0.717) is 33.8 Å². The van der Waals surface area contributed by atoms with Crippen molar-refractivity contribution in [2.45, 2.75) is 19.0 Å². The molecule has 0 aromatic heterocycles. The predicted octanol–water partition coefficient (Wildman–Crippen LogP) is 4.89. The molecule has 180 valence electrons. The van der Waals surface area contributed by atoms with Gasteiger partial charge < -0.3 is 19.7 Å². The lowest BCUT2D eigenvalue weighted by atomic mass is 10.1. The molecule has 2 amide bonds. The van der Waals surface area contributed by atoms with Crippen molar-refractivity contribution in [1.29, 1.82) is 0 Å². The van der Waals surface area contributed by atoms with E-state index >= 15 is 0 Å². The number of anilines is 2. The summed E-state index contributed by atoms with van der Waals surface area (Å²) in [6.45, 7) is 0.353. The molecule has 1 unspecified atom stereocenters. The van der Waals surface area contributed by atoms with E-state index in [2.05, 4.69) is 5.32 Å². The number of rotatable bonds is 8. The van der Waals surface area contributed by atoms with Crippen LogP contribution in [0.2, 0.25) is 5.02 Å². The number of amides is 2. The van der Waals surface area contributed by atoms with Crippen LogP contribution in [0.5, 0.6) is 11.5 Å². The standard InChI is InChI=1S/C26H24ClN3O4S/c1-33-21-10-6-17(7-11-21)16-29-23(15-24(31)28-19-8-12-22(34-2)13-9-19)25(32)30(26(29)35)20-5-3-4-18(27)14-20/h3-14,23H,15-16H2,1-2H3,(H,28,31). The van der Waals surface area contributed by atoms with Crippen molar-refractivity contribution in [3.05, 3.63) is 83.4 Å². The molecule has 0 spiro atoms. The van der Waals surface area contributed by atoms with Crippen LogP contribution in [-0.2, 0) is 16.1 Å². The van der Waals surface area contributed by atoms with Gasteiger partial charge in [0.15, 0.2) is 5.11 Å². The first-order chi connectivity index (χ1) is 16.9. The normalized spacial score (nSPS) is 15.3. The van der Waals surface area contributed by atoms with Crippen molar-refractivity contribution in [2.24, 2.45) is 0 Å². The van der Waals surface area contributed by atoms with Gasteiger partial charge in [-0.1, -0.05) is 29.8 Å². The Balaban J connectivity index is 1.58. The highest BCUT2D eigenvalue weighted by molar-refractivity contribution is 7.80. The van der Waals surface area contributed by atoms with Gasteiger partial charge >= 0.3 is 0 Å². The smallest absolute Gasteiger partial charge is 0.256 e. The number of methoxy groups -OCH3 is 2. The second-order valence-corrected chi connectivity index (χ2v) is 8.71. The Kier molecular flexibility index (Phi) is 7.53. The third-order valence-corrected chi connectivity index (χ3v) is 6.30. The number of carbonyl (C=O) groups excluding carboxylic acids is 2. The van der Waals surface area contributed by atoms with E-state index in [0.717, 1.165) is 11.3 Å². The molecule has 9 heteroatoms. The fourth-order valence-electron chi connectivity index (χ4n) is 3.86. The zero-order chi connectivity index (χ0) is 24.9. The third-order valence-electron chi connectivity index (χ3n) is 5.65. The maximum atomic E-state index is 13.5. The summed E-state index contributed by atoms with van der Waals surface area (Å²) in [5.74, 6) is 0.826. The Morgan fingerprint density at radius 3 is 2.23 bits per heavy atom. The van der Waals surface area contributed by atoms with Crippen LogP contribution in [-0.4, -0.2) is 42.1 Å². The summed E-state index contributed by atoms with van der Waals surface area (Å²) in [5, 5.41) is 3.65. The summed E-state index contributed by atoms with van der Waals surface area (Å²) in [6.07, 6.45) is -0.0712. The quantitative estimate of drug-likeness (QED) is 0.436. The number of nitrogens with zero attached hydrogens (tertiary/aromatic N) is 2. The molecule has 1 N–H and O–H groups in total. The van der Waals surface area contributed by atoms with Crippen molar-refractivity contribution in [3.63, 3.8) is 0 Å². The molecule has 1 atom stereocenters. The Morgan fingerprint density at radius 2 is 1.63 bits per heavy atom.